The summed E-state index contributed by atoms with van der Waals surface area (Å²) in [5.41, 5.74) is 2.17. The number of para-hydroxylation sites is 1. The van der Waals surface area contributed by atoms with E-state index < -0.39 is 0 Å². The molecule has 6 nitrogen and oxygen atoms in total. The van der Waals surface area contributed by atoms with Crippen LogP contribution in [-0.2, 0) is 0 Å². The molecule has 0 saturated heterocycles. The molecule has 0 fully saturated rings. The molecule has 0 unspecified atom stereocenters. The second kappa shape index (κ2) is 9.00. The molecule has 1 amide bonds. The molecule has 2 aromatic carbocycles. The molecule has 0 spiro atoms. The number of rotatable bonds is 7. The maximum atomic E-state index is 11.9. The van der Waals surface area contributed by atoms with Gasteiger partial charge in [-0.1, -0.05) is 30.7 Å². The van der Waals surface area contributed by atoms with Crippen molar-refractivity contribution in [2.45, 2.75) is 13.3 Å². The average Bonchev–Trinajstić information content (AvgIpc) is 2.69. The Morgan fingerprint density at radius 3 is 2.56 bits per heavy atom. The van der Waals surface area contributed by atoms with Gasteiger partial charge in [-0.25, -0.2) is 4.98 Å². The van der Waals surface area contributed by atoms with Crippen LogP contribution in [-0.4, -0.2) is 22.4 Å². The molecule has 138 valence electrons. The van der Waals surface area contributed by atoms with Crippen molar-refractivity contribution >= 4 is 40.6 Å². The summed E-state index contributed by atoms with van der Waals surface area (Å²) in [6, 6.07) is 16.4. The van der Waals surface area contributed by atoms with Crippen molar-refractivity contribution in [3.8, 4) is 0 Å². The second-order valence-electron chi connectivity index (χ2n) is 5.83. The van der Waals surface area contributed by atoms with Gasteiger partial charge < -0.3 is 16.0 Å². The topological polar surface area (TPSA) is 78.9 Å². The summed E-state index contributed by atoms with van der Waals surface area (Å²) in [6.07, 6.45) is 2.56. The van der Waals surface area contributed by atoms with Gasteiger partial charge in [-0.15, -0.1) is 0 Å². The highest BCUT2D eigenvalue weighted by molar-refractivity contribution is 6.33. The molecule has 1 aromatic heterocycles. The third-order valence-electron chi connectivity index (χ3n) is 3.73. The van der Waals surface area contributed by atoms with Gasteiger partial charge >= 0.3 is 0 Å². The van der Waals surface area contributed by atoms with E-state index in [1.165, 1.54) is 0 Å². The first-order valence-corrected chi connectivity index (χ1v) is 9.03. The SMILES string of the molecule is CCCNC(=O)c1ccc(Nc2nccc(Nc3ccccc3Cl)n2)cc1. The Morgan fingerprint density at radius 1 is 1.04 bits per heavy atom. The summed E-state index contributed by atoms with van der Waals surface area (Å²) >= 11 is 6.16. The van der Waals surface area contributed by atoms with Crippen LogP contribution in [0.1, 0.15) is 23.7 Å². The van der Waals surface area contributed by atoms with Crippen molar-refractivity contribution in [2.24, 2.45) is 0 Å². The van der Waals surface area contributed by atoms with Crippen LogP contribution in [0, 0.1) is 0 Å². The number of benzene rings is 2. The lowest BCUT2D eigenvalue weighted by Gasteiger charge is -2.10. The summed E-state index contributed by atoms with van der Waals surface area (Å²) in [4.78, 5) is 20.6. The number of hydrogen-bond donors (Lipinski definition) is 3. The van der Waals surface area contributed by atoms with Gasteiger partial charge in [0.25, 0.3) is 5.91 Å². The number of nitrogens with one attached hydrogen (secondary N) is 3. The molecule has 1 heterocycles. The lowest BCUT2D eigenvalue weighted by Crippen LogP contribution is -2.23. The first-order chi connectivity index (χ1) is 13.2. The van der Waals surface area contributed by atoms with Crippen molar-refractivity contribution in [1.29, 1.82) is 0 Å². The lowest BCUT2D eigenvalue weighted by molar-refractivity contribution is 0.0953. The monoisotopic (exact) mass is 381 g/mol. The van der Waals surface area contributed by atoms with E-state index in [1.807, 2.05) is 43.3 Å². The minimum absolute atomic E-state index is 0.0782. The van der Waals surface area contributed by atoms with E-state index in [9.17, 15) is 4.79 Å². The van der Waals surface area contributed by atoms with Crippen LogP contribution in [0.4, 0.5) is 23.1 Å². The van der Waals surface area contributed by atoms with Gasteiger partial charge in [0.05, 0.1) is 10.7 Å². The molecule has 0 saturated carbocycles. The van der Waals surface area contributed by atoms with E-state index in [-0.39, 0.29) is 5.91 Å². The standard InChI is InChI=1S/C20H20ClN5O/c1-2-12-22-19(27)14-7-9-15(10-8-14)24-20-23-13-11-18(26-20)25-17-6-4-3-5-16(17)21/h3-11,13H,2,12H2,1H3,(H,22,27)(H2,23,24,25,26). The summed E-state index contributed by atoms with van der Waals surface area (Å²) in [7, 11) is 0. The van der Waals surface area contributed by atoms with E-state index in [1.54, 1.807) is 24.4 Å². The number of carbonyl (C=O) groups is 1. The van der Waals surface area contributed by atoms with Crippen molar-refractivity contribution in [3.05, 3.63) is 71.4 Å². The van der Waals surface area contributed by atoms with Gasteiger partial charge in [-0.3, -0.25) is 4.79 Å². The summed E-state index contributed by atoms with van der Waals surface area (Å²) in [5, 5.41) is 9.76. The molecular formula is C20H20ClN5O. The van der Waals surface area contributed by atoms with Crippen LogP contribution < -0.4 is 16.0 Å². The fourth-order valence-corrected chi connectivity index (χ4v) is 2.55. The van der Waals surface area contributed by atoms with E-state index in [2.05, 4.69) is 25.9 Å². The fraction of sp³-hybridized carbons (Fsp3) is 0.150. The zero-order valence-corrected chi connectivity index (χ0v) is 15.6. The van der Waals surface area contributed by atoms with Crippen LogP contribution in [0.25, 0.3) is 0 Å². The quantitative estimate of drug-likeness (QED) is 0.550. The Kier molecular flexibility index (Phi) is 6.22. The highest BCUT2D eigenvalue weighted by atomic mass is 35.5. The zero-order chi connectivity index (χ0) is 19.1. The number of nitrogens with zero attached hydrogens (tertiary/aromatic N) is 2. The van der Waals surface area contributed by atoms with Crippen LogP contribution in [0.15, 0.2) is 60.8 Å². The highest BCUT2D eigenvalue weighted by Crippen LogP contribution is 2.24. The van der Waals surface area contributed by atoms with Gasteiger partial charge in [0, 0.05) is 24.0 Å². The Labute approximate surface area is 163 Å². The molecule has 0 aliphatic carbocycles. The molecular weight excluding hydrogens is 362 g/mol. The summed E-state index contributed by atoms with van der Waals surface area (Å²) in [6.45, 7) is 2.68. The molecule has 0 aliphatic heterocycles. The maximum Gasteiger partial charge on any atom is 0.251 e. The Hall–Kier alpha value is -3.12. The van der Waals surface area contributed by atoms with Crippen molar-refractivity contribution < 1.29 is 4.79 Å². The largest absolute Gasteiger partial charge is 0.352 e. The van der Waals surface area contributed by atoms with Crippen molar-refractivity contribution in [2.75, 3.05) is 17.2 Å². The Morgan fingerprint density at radius 2 is 1.81 bits per heavy atom. The Balaban J connectivity index is 1.67. The number of halogens is 1. The molecule has 3 rings (SSSR count). The molecule has 27 heavy (non-hydrogen) atoms. The first kappa shape index (κ1) is 18.7. The normalized spacial score (nSPS) is 10.3. The fourth-order valence-electron chi connectivity index (χ4n) is 2.36. The minimum Gasteiger partial charge on any atom is -0.352 e. The third kappa shape index (κ3) is 5.18. The molecule has 0 atom stereocenters. The summed E-state index contributed by atoms with van der Waals surface area (Å²) in [5.74, 6) is 0.983. The van der Waals surface area contributed by atoms with Gasteiger partial charge in [0.15, 0.2) is 0 Å². The average molecular weight is 382 g/mol. The van der Waals surface area contributed by atoms with Crippen LogP contribution in [0.2, 0.25) is 5.02 Å². The predicted octanol–water partition coefficient (Wildman–Crippen LogP) is 4.76. The smallest absolute Gasteiger partial charge is 0.251 e. The second-order valence-corrected chi connectivity index (χ2v) is 6.24. The number of anilines is 4. The molecule has 0 aliphatic rings. The minimum atomic E-state index is -0.0782. The molecule has 0 radical (unpaired) electrons. The lowest BCUT2D eigenvalue weighted by atomic mass is 10.2. The van der Waals surface area contributed by atoms with Crippen LogP contribution in [0.5, 0.6) is 0 Å². The highest BCUT2D eigenvalue weighted by Gasteiger charge is 2.06. The third-order valence-corrected chi connectivity index (χ3v) is 4.06. The molecule has 0 bridgehead atoms. The van der Waals surface area contributed by atoms with Gasteiger partial charge in [-0.05, 0) is 48.9 Å². The number of aromatic nitrogens is 2. The van der Waals surface area contributed by atoms with E-state index in [4.69, 9.17) is 11.6 Å². The number of amides is 1. The van der Waals surface area contributed by atoms with Crippen LogP contribution in [0.3, 0.4) is 0 Å². The maximum absolute atomic E-state index is 11.9. The van der Waals surface area contributed by atoms with Gasteiger partial charge in [-0.2, -0.15) is 4.98 Å². The number of hydrogen-bond acceptors (Lipinski definition) is 5. The predicted molar refractivity (Wildman–Crippen MR) is 109 cm³/mol. The van der Waals surface area contributed by atoms with E-state index in [0.717, 1.165) is 17.8 Å². The number of carbonyl (C=O) groups excluding carboxylic acids is 1. The van der Waals surface area contributed by atoms with Crippen molar-refractivity contribution in [3.63, 3.8) is 0 Å². The molecule has 3 aromatic rings. The van der Waals surface area contributed by atoms with Gasteiger partial charge in [0.2, 0.25) is 5.95 Å². The first-order valence-electron chi connectivity index (χ1n) is 8.65. The molecule has 7 heteroatoms. The molecule has 3 N–H and O–H groups in total. The summed E-state index contributed by atoms with van der Waals surface area (Å²) < 4.78 is 0. The van der Waals surface area contributed by atoms with E-state index >= 15 is 0 Å². The Bertz CT molecular complexity index is 914. The van der Waals surface area contributed by atoms with E-state index in [0.29, 0.717) is 28.9 Å². The van der Waals surface area contributed by atoms with Crippen LogP contribution >= 0.6 is 11.6 Å². The van der Waals surface area contributed by atoms with Crippen molar-refractivity contribution in [1.82, 2.24) is 15.3 Å². The van der Waals surface area contributed by atoms with Gasteiger partial charge in [0.1, 0.15) is 5.82 Å². The zero-order valence-electron chi connectivity index (χ0n) is 14.9.